The molecule has 136 valence electrons. The van der Waals surface area contributed by atoms with Crippen molar-refractivity contribution in [2.45, 2.75) is 52.0 Å². The Balaban J connectivity index is 1.78. The van der Waals surface area contributed by atoms with Gasteiger partial charge in [0, 0.05) is 30.8 Å². The maximum Gasteiger partial charge on any atom is 0.293 e. The fraction of sp³-hybridized carbons (Fsp3) is 0.632. The number of nitro benzene ring substituents is 1. The van der Waals surface area contributed by atoms with Crippen molar-refractivity contribution in [3.05, 3.63) is 33.9 Å². The molecule has 6 nitrogen and oxygen atoms in total. The van der Waals surface area contributed by atoms with Crippen LogP contribution in [0, 0.1) is 22.0 Å². The second-order valence-electron chi connectivity index (χ2n) is 7.50. The summed E-state index contributed by atoms with van der Waals surface area (Å²) in [6, 6.07) is 5.02. The molecule has 6 heteroatoms. The third-order valence-corrected chi connectivity index (χ3v) is 5.90. The van der Waals surface area contributed by atoms with Crippen LogP contribution < -0.4 is 10.2 Å². The monoisotopic (exact) mass is 345 g/mol. The van der Waals surface area contributed by atoms with Crippen LogP contribution in [0.1, 0.15) is 56.3 Å². The van der Waals surface area contributed by atoms with E-state index in [2.05, 4.69) is 19.2 Å². The third kappa shape index (κ3) is 3.78. The van der Waals surface area contributed by atoms with E-state index in [1.165, 1.54) is 12.5 Å². The fourth-order valence-corrected chi connectivity index (χ4v) is 4.07. The highest BCUT2D eigenvalue weighted by molar-refractivity contribution is 5.96. The standard InChI is InChI=1S/C19H27N3O3/c1-13-6-5-7-16(14(13)2)20-19(23)15-8-9-17(18(12-15)22(24)25)21-10-3-4-11-21/h8-9,12-14,16H,3-7,10-11H2,1-2H3,(H,20,23). The Hall–Kier alpha value is -2.11. The minimum atomic E-state index is -0.379. The molecule has 1 N–H and O–H groups in total. The van der Waals surface area contributed by atoms with E-state index in [1.54, 1.807) is 12.1 Å². The highest BCUT2D eigenvalue weighted by Crippen LogP contribution is 2.32. The summed E-state index contributed by atoms with van der Waals surface area (Å²) in [5, 5.41) is 14.6. The molecule has 0 spiro atoms. The Labute approximate surface area is 148 Å². The van der Waals surface area contributed by atoms with Gasteiger partial charge in [-0.1, -0.05) is 26.7 Å². The van der Waals surface area contributed by atoms with Gasteiger partial charge >= 0.3 is 0 Å². The lowest BCUT2D eigenvalue weighted by atomic mass is 9.78. The van der Waals surface area contributed by atoms with Gasteiger partial charge in [0.15, 0.2) is 0 Å². The first-order valence-electron chi connectivity index (χ1n) is 9.31. The molecule has 2 fully saturated rings. The lowest BCUT2D eigenvalue weighted by molar-refractivity contribution is -0.384. The van der Waals surface area contributed by atoms with Crippen molar-refractivity contribution >= 4 is 17.3 Å². The number of carbonyl (C=O) groups excluding carboxylic acids is 1. The van der Waals surface area contributed by atoms with E-state index in [0.717, 1.165) is 38.8 Å². The SMILES string of the molecule is CC1CCCC(NC(=O)c2ccc(N3CCCC3)c([N+](=O)[O-])c2)C1C. The van der Waals surface area contributed by atoms with Crippen molar-refractivity contribution in [2.24, 2.45) is 11.8 Å². The van der Waals surface area contributed by atoms with Gasteiger partial charge in [-0.2, -0.15) is 0 Å². The second kappa shape index (κ2) is 7.42. The fourth-order valence-electron chi connectivity index (χ4n) is 4.07. The number of nitrogens with one attached hydrogen (secondary N) is 1. The Kier molecular flexibility index (Phi) is 5.25. The van der Waals surface area contributed by atoms with Crippen molar-refractivity contribution in [3.8, 4) is 0 Å². The topological polar surface area (TPSA) is 75.5 Å². The van der Waals surface area contributed by atoms with Crippen LogP contribution in [0.2, 0.25) is 0 Å². The minimum Gasteiger partial charge on any atom is -0.366 e. The third-order valence-electron chi connectivity index (χ3n) is 5.90. The lowest BCUT2D eigenvalue weighted by Gasteiger charge is -2.34. The molecule has 3 rings (SSSR count). The van der Waals surface area contributed by atoms with E-state index in [1.807, 2.05) is 4.90 Å². The number of anilines is 1. The molecule has 0 radical (unpaired) electrons. The van der Waals surface area contributed by atoms with Crippen LogP contribution in [-0.2, 0) is 0 Å². The Morgan fingerprint density at radius 3 is 2.60 bits per heavy atom. The zero-order chi connectivity index (χ0) is 18.0. The average molecular weight is 345 g/mol. The number of hydrogen-bond acceptors (Lipinski definition) is 4. The first-order valence-corrected chi connectivity index (χ1v) is 9.31. The molecule has 3 atom stereocenters. The molecule has 25 heavy (non-hydrogen) atoms. The zero-order valence-corrected chi connectivity index (χ0v) is 15.0. The van der Waals surface area contributed by atoms with Crippen LogP contribution in [0.3, 0.4) is 0 Å². The average Bonchev–Trinajstić information content (AvgIpc) is 3.12. The van der Waals surface area contributed by atoms with Gasteiger partial charge in [-0.05, 0) is 43.2 Å². The smallest absolute Gasteiger partial charge is 0.293 e. The molecular weight excluding hydrogens is 318 g/mol. The van der Waals surface area contributed by atoms with Crippen molar-refractivity contribution in [1.82, 2.24) is 5.32 Å². The van der Waals surface area contributed by atoms with Gasteiger partial charge < -0.3 is 10.2 Å². The van der Waals surface area contributed by atoms with Crippen LogP contribution in [0.25, 0.3) is 0 Å². The van der Waals surface area contributed by atoms with Crippen LogP contribution >= 0.6 is 0 Å². The summed E-state index contributed by atoms with van der Waals surface area (Å²) < 4.78 is 0. The largest absolute Gasteiger partial charge is 0.366 e. The maximum absolute atomic E-state index is 12.6. The molecule has 1 heterocycles. The van der Waals surface area contributed by atoms with Crippen molar-refractivity contribution in [1.29, 1.82) is 0 Å². The Bertz CT molecular complexity index is 655. The molecule has 3 unspecified atom stereocenters. The van der Waals surface area contributed by atoms with Crippen LogP contribution in [0.4, 0.5) is 11.4 Å². The van der Waals surface area contributed by atoms with Crippen LogP contribution in [0.15, 0.2) is 18.2 Å². The number of carbonyl (C=O) groups is 1. The highest BCUT2D eigenvalue weighted by Gasteiger charge is 2.29. The number of benzene rings is 1. The van der Waals surface area contributed by atoms with Gasteiger partial charge in [0.2, 0.25) is 0 Å². The lowest BCUT2D eigenvalue weighted by Crippen LogP contribution is -2.43. The summed E-state index contributed by atoms with van der Waals surface area (Å²) in [7, 11) is 0. The van der Waals surface area contributed by atoms with Crippen LogP contribution in [0.5, 0.6) is 0 Å². The van der Waals surface area contributed by atoms with Gasteiger partial charge in [-0.15, -0.1) is 0 Å². The number of amides is 1. The molecule has 2 aliphatic rings. The molecule has 1 saturated heterocycles. The molecule has 1 aliphatic heterocycles. The van der Waals surface area contributed by atoms with Gasteiger partial charge in [0.05, 0.1) is 4.92 Å². The van der Waals surface area contributed by atoms with Crippen molar-refractivity contribution < 1.29 is 9.72 Å². The normalized spacial score (nSPS) is 26.5. The molecule has 0 aromatic heterocycles. The predicted molar refractivity (Wildman–Crippen MR) is 98.0 cm³/mol. The second-order valence-corrected chi connectivity index (χ2v) is 7.50. The van der Waals surface area contributed by atoms with E-state index < -0.39 is 0 Å². The summed E-state index contributed by atoms with van der Waals surface area (Å²) in [5.74, 6) is 0.810. The van der Waals surface area contributed by atoms with Crippen LogP contribution in [-0.4, -0.2) is 30.0 Å². The molecule has 1 saturated carbocycles. The van der Waals surface area contributed by atoms with E-state index in [-0.39, 0.29) is 22.6 Å². The number of nitrogens with zero attached hydrogens (tertiary/aromatic N) is 2. The summed E-state index contributed by atoms with van der Waals surface area (Å²) in [4.78, 5) is 25.8. The molecule has 0 bridgehead atoms. The van der Waals surface area contributed by atoms with Gasteiger partial charge in [0.1, 0.15) is 5.69 Å². The maximum atomic E-state index is 12.6. The predicted octanol–water partition coefficient (Wildman–Crippen LogP) is 3.75. The summed E-state index contributed by atoms with van der Waals surface area (Å²) in [6.07, 6.45) is 5.40. The highest BCUT2D eigenvalue weighted by atomic mass is 16.6. The zero-order valence-electron chi connectivity index (χ0n) is 15.0. The molecular formula is C19H27N3O3. The van der Waals surface area contributed by atoms with E-state index in [0.29, 0.717) is 23.1 Å². The molecule has 1 aliphatic carbocycles. The van der Waals surface area contributed by atoms with Gasteiger partial charge in [-0.25, -0.2) is 0 Å². The first kappa shape index (κ1) is 17.7. The number of rotatable bonds is 4. The van der Waals surface area contributed by atoms with E-state index in [9.17, 15) is 14.9 Å². The quantitative estimate of drug-likeness (QED) is 0.666. The summed E-state index contributed by atoms with van der Waals surface area (Å²) in [5.41, 5.74) is 1.03. The number of nitro groups is 1. The summed E-state index contributed by atoms with van der Waals surface area (Å²) in [6.45, 7) is 6.07. The van der Waals surface area contributed by atoms with Crippen molar-refractivity contribution in [3.63, 3.8) is 0 Å². The first-order chi connectivity index (χ1) is 12.0. The molecule has 1 aromatic carbocycles. The Morgan fingerprint density at radius 1 is 1.20 bits per heavy atom. The van der Waals surface area contributed by atoms with E-state index in [4.69, 9.17) is 0 Å². The number of hydrogen-bond donors (Lipinski definition) is 1. The molecule has 1 aromatic rings. The van der Waals surface area contributed by atoms with Gasteiger partial charge in [0.25, 0.3) is 11.6 Å². The molecule has 1 amide bonds. The Morgan fingerprint density at radius 2 is 1.92 bits per heavy atom. The summed E-state index contributed by atoms with van der Waals surface area (Å²) >= 11 is 0. The minimum absolute atomic E-state index is 0.0274. The van der Waals surface area contributed by atoms with E-state index >= 15 is 0 Å². The van der Waals surface area contributed by atoms with Gasteiger partial charge in [-0.3, -0.25) is 14.9 Å². The van der Waals surface area contributed by atoms with Crippen molar-refractivity contribution in [2.75, 3.05) is 18.0 Å².